The minimum atomic E-state index is -3.29. The number of carbonyl (C=O) groups excluding carboxylic acids is 2. The van der Waals surface area contributed by atoms with E-state index in [1.54, 1.807) is 6.92 Å². The number of hydrogen-bond donors (Lipinski definition) is 0. The maximum absolute atomic E-state index is 13.7. The van der Waals surface area contributed by atoms with Crippen LogP contribution in [0.4, 0.5) is 8.78 Å². The Kier molecular flexibility index (Phi) is 5.67. The van der Waals surface area contributed by atoms with Crippen LogP contribution in [0.1, 0.15) is 45.4 Å². The molecule has 0 spiro atoms. The molecule has 0 N–H and O–H groups in total. The molecule has 1 aliphatic carbocycles. The fraction of sp³-hybridized carbons (Fsp3) is 0.733. The summed E-state index contributed by atoms with van der Waals surface area (Å²) in [6.07, 6.45) is 1.86. The molecule has 2 aliphatic rings. The maximum Gasteiger partial charge on any atom is 0.306 e. The van der Waals surface area contributed by atoms with Gasteiger partial charge in [0.25, 0.3) is 0 Å². The average Bonchev–Trinajstić information content (AvgIpc) is 2.98. The lowest BCUT2D eigenvalue weighted by Gasteiger charge is -2.15. The zero-order valence-corrected chi connectivity index (χ0v) is 13.7. The number of alkyl halides is 2. The Labute approximate surface area is 130 Å². The second kappa shape index (κ2) is 7.14. The molecule has 0 aromatic heterocycles. The van der Waals surface area contributed by atoms with Gasteiger partial charge in [0, 0.05) is 34.6 Å². The standard InChI is InChI=1S/C15H21F2O4P/c1-2-3-6-15(16,17)13(18)5-4-9-10-7-14(19)20-11(10)8-12(9)21-22/h4,10-12H,2-3,5-8,22H2,1H3. The summed E-state index contributed by atoms with van der Waals surface area (Å²) in [4.78, 5) is 23.1. The van der Waals surface area contributed by atoms with E-state index in [-0.39, 0.29) is 36.9 Å². The Bertz CT molecular complexity index is 478. The molecule has 0 amide bonds. The first-order valence-corrected chi connectivity index (χ1v) is 8.02. The predicted molar refractivity (Wildman–Crippen MR) is 79.4 cm³/mol. The van der Waals surface area contributed by atoms with E-state index in [0.717, 1.165) is 5.57 Å². The van der Waals surface area contributed by atoms with E-state index in [9.17, 15) is 18.4 Å². The normalized spacial score (nSPS) is 29.7. The summed E-state index contributed by atoms with van der Waals surface area (Å²) < 4.78 is 37.8. The number of unbranched alkanes of at least 4 members (excludes halogenated alkanes) is 1. The summed E-state index contributed by atoms with van der Waals surface area (Å²) in [6, 6.07) is 0. The van der Waals surface area contributed by atoms with Gasteiger partial charge in [-0.1, -0.05) is 19.4 Å². The van der Waals surface area contributed by atoms with Crippen molar-refractivity contribution in [1.82, 2.24) is 0 Å². The van der Waals surface area contributed by atoms with E-state index < -0.39 is 18.1 Å². The third kappa shape index (κ3) is 3.72. The molecule has 4 nitrogen and oxygen atoms in total. The van der Waals surface area contributed by atoms with E-state index in [4.69, 9.17) is 9.26 Å². The Morgan fingerprint density at radius 1 is 1.55 bits per heavy atom. The highest BCUT2D eigenvalue weighted by molar-refractivity contribution is 7.09. The number of fused-ring (bicyclic) bond motifs is 1. The number of ether oxygens (including phenoxy) is 1. The summed E-state index contributed by atoms with van der Waals surface area (Å²) in [5, 5.41) is 0. The zero-order valence-electron chi connectivity index (χ0n) is 12.5. The van der Waals surface area contributed by atoms with Crippen LogP contribution >= 0.6 is 9.47 Å². The van der Waals surface area contributed by atoms with Gasteiger partial charge in [-0.2, -0.15) is 8.78 Å². The monoisotopic (exact) mass is 334 g/mol. The van der Waals surface area contributed by atoms with Crippen molar-refractivity contribution in [3.05, 3.63) is 11.6 Å². The smallest absolute Gasteiger partial charge is 0.306 e. The Morgan fingerprint density at radius 3 is 2.91 bits per heavy atom. The van der Waals surface area contributed by atoms with Gasteiger partial charge in [-0.05, 0) is 12.0 Å². The number of ketones is 1. The van der Waals surface area contributed by atoms with Crippen molar-refractivity contribution in [2.24, 2.45) is 5.92 Å². The summed E-state index contributed by atoms with van der Waals surface area (Å²) in [5.41, 5.74) is 0.727. The number of esters is 1. The van der Waals surface area contributed by atoms with E-state index in [0.29, 0.717) is 19.3 Å². The van der Waals surface area contributed by atoms with Crippen LogP contribution in [0.15, 0.2) is 11.6 Å². The second-order valence-corrected chi connectivity index (χ2v) is 6.11. The molecular weight excluding hydrogens is 313 g/mol. The molecule has 0 bridgehead atoms. The molecule has 4 atom stereocenters. The van der Waals surface area contributed by atoms with E-state index in [1.165, 1.54) is 6.08 Å². The summed E-state index contributed by atoms with van der Waals surface area (Å²) in [7, 11) is 2.14. The van der Waals surface area contributed by atoms with E-state index in [2.05, 4.69) is 9.47 Å². The number of rotatable bonds is 7. The number of hydrogen-bond acceptors (Lipinski definition) is 4. The van der Waals surface area contributed by atoms with Crippen molar-refractivity contribution < 1.29 is 27.6 Å². The molecule has 4 unspecified atom stereocenters. The second-order valence-electron chi connectivity index (χ2n) is 5.84. The minimum Gasteiger partial charge on any atom is -0.462 e. The van der Waals surface area contributed by atoms with Crippen molar-refractivity contribution in [3.8, 4) is 0 Å². The quantitative estimate of drug-likeness (QED) is 0.408. The topological polar surface area (TPSA) is 52.6 Å². The predicted octanol–water partition coefficient (Wildman–Crippen LogP) is 3.21. The molecule has 1 aliphatic heterocycles. The molecule has 1 heterocycles. The first-order chi connectivity index (χ1) is 10.4. The van der Waals surface area contributed by atoms with E-state index in [1.807, 2.05) is 0 Å². The average molecular weight is 334 g/mol. The van der Waals surface area contributed by atoms with Gasteiger partial charge in [0.05, 0.1) is 12.5 Å². The van der Waals surface area contributed by atoms with Crippen LogP contribution in [0.25, 0.3) is 0 Å². The van der Waals surface area contributed by atoms with Crippen LogP contribution in [-0.4, -0.2) is 29.9 Å². The van der Waals surface area contributed by atoms with E-state index >= 15 is 0 Å². The molecular formula is C15H21F2O4P. The fourth-order valence-corrected chi connectivity index (χ4v) is 3.32. The number of Topliss-reactive ketones (excluding diaryl/α,β-unsaturated/α-hetero) is 1. The van der Waals surface area contributed by atoms with Crippen LogP contribution in [0.5, 0.6) is 0 Å². The lowest BCUT2D eigenvalue weighted by molar-refractivity contribution is -0.143. The lowest BCUT2D eigenvalue weighted by atomic mass is 9.96. The van der Waals surface area contributed by atoms with Gasteiger partial charge in [-0.15, -0.1) is 0 Å². The van der Waals surface area contributed by atoms with Gasteiger partial charge in [0.1, 0.15) is 6.10 Å². The number of allylic oxidation sites excluding steroid dienone is 1. The highest BCUT2D eigenvalue weighted by atomic mass is 31.0. The van der Waals surface area contributed by atoms with Gasteiger partial charge in [-0.3, -0.25) is 9.59 Å². The van der Waals surface area contributed by atoms with Crippen molar-refractivity contribution in [2.45, 2.75) is 63.6 Å². The largest absolute Gasteiger partial charge is 0.462 e. The third-order valence-electron chi connectivity index (χ3n) is 4.30. The molecule has 1 saturated carbocycles. The number of halogens is 2. The molecule has 2 rings (SSSR count). The van der Waals surface area contributed by atoms with Gasteiger partial charge in [-0.25, -0.2) is 0 Å². The molecule has 124 valence electrons. The molecule has 1 saturated heterocycles. The lowest BCUT2D eigenvalue weighted by Crippen LogP contribution is -2.28. The molecule has 2 fully saturated rings. The van der Waals surface area contributed by atoms with Crippen molar-refractivity contribution in [2.75, 3.05) is 0 Å². The molecule has 0 aromatic carbocycles. The SMILES string of the molecule is CCCCC(F)(F)C(=O)CC=C1C(OP)CC2OC(=O)CC12. The van der Waals surface area contributed by atoms with Crippen LogP contribution < -0.4 is 0 Å². The van der Waals surface area contributed by atoms with Crippen LogP contribution in [0.3, 0.4) is 0 Å². The van der Waals surface area contributed by atoms with Crippen molar-refractivity contribution >= 4 is 21.2 Å². The van der Waals surface area contributed by atoms with Crippen molar-refractivity contribution in [3.63, 3.8) is 0 Å². The molecule has 0 aromatic rings. The first kappa shape index (κ1) is 17.5. The minimum absolute atomic E-state index is 0.157. The summed E-state index contributed by atoms with van der Waals surface area (Å²) in [5.74, 6) is -4.81. The molecule has 7 heteroatoms. The van der Waals surface area contributed by atoms with Gasteiger partial charge in [0.2, 0.25) is 5.78 Å². The highest BCUT2D eigenvalue weighted by Gasteiger charge is 2.47. The Balaban J connectivity index is 2.04. The van der Waals surface area contributed by atoms with Crippen LogP contribution in [-0.2, 0) is 18.8 Å². The Morgan fingerprint density at radius 2 is 2.27 bits per heavy atom. The maximum atomic E-state index is 13.7. The summed E-state index contributed by atoms with van der Waals surface area (Å²) in [6.45, 7) is 1.80. The van der Waals surface area contributed by atoms with Crippen LogP contribution in [0.2, 0.25) is 0 Å². The number of carbonyl (C=O) groups is 2. The van der Waals surface area contributed by atoms with Gasteiger partial charge >= 0.3 is 11.9 Å². The molecule has 22 heavy (non-hydrogen) atoms. The van der Waals surface area contributed by atoms with Crippen molar-refractivity contribution in [1.29, 1.82) is 0 Å². The first-order valence-electron chi connectivity index (χ1n) is 7.55. The fourth-order valence-electron chi connectivity index (χ4n) is 3.06. The van der Waals surface area contributed by atoms with Crippen LogP contribution in [0, 0.1) is 5.92 Å². The summed E-state index contributed by atoms with van der Waals surface area (Å²) >= 11 is 0. The van der Waals surface area contributed by atoms with Gasteiger partial charge in [0.15, 0.2) is 0 Å². The Hall–Kier alpha value is -0.870. The third-order valence-corrected chi connectivity index (χ3v) is 4.63. The molecule has 0 radical (unpaired) electrons. The zero-order chi connectivity index (χ0) is 16.3. The van der Waals surface area contributed by atoms with Gasteiger partial charge < -0.3 is 9.26 Å². The highest BCUT2D eigenvalue weighted by Crippen LogP contribution is 2.43.